The van der Waals surface area contributed by atoms with Gasteiger partial charge in [-0.3, -0.25) is 4.99 Å². The quantitative estimate of drug-likeness (QED) is 0.370. The van der Waals surface area contributed by atoms with Crippen molar-refractivity contribution in [2.75, 3.05) is 39.0 Å². The number of guanidine groups is 1. The van der Waals surface area contributed by atoms with Gasteiger partial charge < -0.3 is 10.2 Å². The standard InChI is InChI=1S/C16H25ClN4O2S.HI/c1-3-18-16(19-9-11-21-10-6-12-24(21,22)23)20(2)13-14-7-4-5-8-15(14)17;/h4-5,7-8H,3,6,9-13H2,1-2H3,(H,18,19);1H. The molecule has 2 rings (SSSR count). The molecule has 25 heavy (non-hydrogen) atoms. The molecule has 1 fully saturated rings. The van der Waals surface area contributed by atoms with Crippen molar-refractivity contribution < 1.29 is 8.42 Å². The van der Waals surface area contributed by atoms with E-state index in [0.29, 0.717) is 32.6 Å². The van der Waals surface area contributed by atoms with Crippen LogP contribution in [0.4, 0.5) is 0 Å². The molecule has 0 aromatic heterocycles. The summed E-state index contributed by atoms with van der Waals surface area (Å²) in [6, 6.07) is 7.71. The molecule has 1 N–H and O–H groups in total. The van der Waals surface area contributed by atoms with Crippen molar-refractivity contribution in [2.45, 2.75) is 19.9 Å². The van der Waals surface area contributed by atoms with Crippen molar-refractivity contribution in [3.8, 4) is 0 Å². The van der Waals surface area contributed by atoms with Gasteiger partial charge in [0.2, 0.25) is 10.0 Å². The number of benzene rings is 1. The second kappa shape index (κ2) is 10.5. The fraction of sp³-hybridized carbons (Fsp3) is 0.562. The van der Waals surface area contributed by atoms with E-state index in [0.717, 1.165) is 23.1 Å². The van der Waals surface area contributed by atoms with Crippen LogP contribution in [0.5, 0.6) is 0 Å². The van der Waals surface area contributed by atoms with Gasteiger partial charge in [0.25, 0.3) is 0 Å². The van der Waals surface area contributed by atoms with Gasteiger partial charge in [-0.1, -0.05) is 29.8 Å². The first-order chi connectivity index (χ1) is 11.4. The van der Waals surface area contributed by atoms with Crippen LogP contribution in [0.1, 0.15) is 18.9 Å². The molecule has 0 aliphatic carbocycles. The first-order valence-corrected chi connectivity index (χ1v) is 10.1. The van der Waals surface area contributed by atoms with Crippen LogP contribution in [0.15, 0.2) is 29.3 Å². The average molecular weight is 501 g/mol. The van der Waals surface area contributed by atoms with E-state index in [9.17, 15) is 8.42 Å². The molecule has 0 radical (unpaired) electrons. The number of nitrogens with one attached hydrogen (secondary N) is 1. The average Bonchev–Trinajstić information content (AvgIpc) is 2.87. The lowest BCUT2D eigenvalue weighted by Crippen LogP contribution is -2.39. The number of rotatable bonds is 6. The van der Waals surface area contributed by atoms with Gasteiger partial charge in [-0.2, -0.15) is 0 Å². The highest BCUT2D eigenvalue weighted by atomic mass is 127. The van der Waals surface area contributed by atoms with E-state index in [4.69, 9.17) is 11.6 Å². The molecule has 1 heterocycles. The lowest BCUT2D eigenvalue weighted by atomic mass is 10.2. The Morgan fingerprint density at radius 2 is 2.12 bits per heavy atom. The van der Waals surface area contributed by atoms with Crippen molar-refractivity contribution in [1.82, 2.24) is 14.5 Å². The third-order valence-electron chi connectivity index (χ3n) is 3.88. The zero-order chi connectivity index (χ0) is 17.6. The summed E-state index contributed by atoms with van der Waals surface area (Å²) in [7, 11) is -1.12. The van der Waals surface area contributed by atoms with Gasteiger partial charge in [-0.05, 0) is 25.0 Å². The molecule has 0 bridgehead atoms. The van der Waals surface area contributed by atoms with Gasteiger partial charge >= 0.3 is 0 Å². The maximum absolute atomic E-state index is 11.8. The molecule has 1 aliphatic heterocycles. The smallest absolute Gasteiger partial charge is 0.214 e. The number of aliphatic imine (C=N–C) groups is 1. The van der Waals surface area contributed by atoms with E-state index < -0.39 is 10.0 Å². The van der Waals surface area contributed by atoms with Gasteiger partial charge in [0.05, 0.1) is 12.3 Å². The predicted molar refractivity (Wildman–Crippen MR) is 114 cm³/mol. The fourth-order valence-electron chi connectivity index (χ4n) is 2.64. The molecule has 0 amide bonds. The lowest BCUT2D eigenvalue weighted by Gasteiger charge is -2.23. The molecule has 0 saturated carbocycles. The summed E-state index contributed by atoms with van der Waals surface area (Å²) >= 11 is 6.21. The molecule has 142 valence electrons. The lowest BCUT2D eigenvalue weighted by molar-refractivity contribution is 0.445. The van der Waals surface area contributed by atoms with Crippen molar-refractivity contribution in [3.63, 3.8) is 0 Å². The molecular formula is C16H26ClIN4O2S. The van der Waals surface area contributed by atoms with E-state index >= 15 is 0 Å². The molecule has 0 unspecified atom stereocenters. The van der Waals surface area contributed by atoms with E-state index in [1.54, 1.807) is 0 Å². The molecule has 1 saturated heterocycles. The van der Waals surface area contributed by atoms with Crippen LogP contribution in [-0.2, 0) is 16.6 Å². The summed E-state index contributed by atoms with van der Waals surface area (Å²) in [5.41, 5.74) is 1.02. The molecule has 9 heteroatoms. The largest absolute Gasteiger partial charge is 0.357 e. The number of hydrogen-bond acceptors (Lipinski definition) is 3. The number of nitrogens with zero attached hydrogens (tertiary/aromatic N) is 3. The molecule has 1 aliphatic rings. The van der Waals surface area contributed by atoms with Gasteiger partial charge in [0.15, 0.2) is 5.96 Å². The van der Waals surface area contributed by atoms with Gasteiger partial charge in [-0.25, -0.2) is 12.7 Å². The highest BCUT2D eigenvalue weighted by Gasteiger charge is 2.27. The highest BCUT2D eigenvalue weighted by Crippen LogP contribution is 2.16. The third kappa shape index (κ3) is 6.58. The van der Waals surface area contributed by atoms with Crippen LogP contribution in [0.2, 0.25) is 5.02 Å². The minimum atomic E-state index is -3.06. The zero-order valence-corrected chi connectivity index (χ0v) is 18.5. The molecule has 6 nitrogen and oxygen atoms in total. The normalized spacial score (nSPS) is 17.2. The van der Waals surface area contributed by atoms with Crippen molar-refractivity contribution in [3.05, 3.63) is 34.9 Å². The van der Waals surface area contributed by atoms with Crippen molar-refractivity contribution in [1.29, 1.82) is 0 Å². The first kappa shape index (κ1) is 22.5. The van der Waals surface area contributed by atoms with Crippen LogP contribution in [-0.4, -0.2) is 62.6 Å². The SMILES string of the molecule is CCNC(=NCCN1CCCS1(=O)=O)N(C)Cc1ccccc1Cl.I. The Kier molecular flexibility index (Phi) is 9.47. The molecular weight excluding hydrogens is 475 g/mol. The topological polar surface area (TPSA) is 65.0 Å². The molecule has 0 atom stereocenters. The second-order valence-corrected chi connectivity index (χ2v) is 8.25. The summed E-state index contributed by atoms with van der Waals surface area (Å²) in [6.07, 6.45) is 0.707. The van der Waals surface area contributed by atoms with Crippen LogP contribution in [0.3, 0.4) is 0 Å². The third-order valence-corrected chi connectivity index (χ3v) is 6.20. The Bertz CT molecular complexity index is 684. The molecule has 1 aromatic rings. The van der Waals surface area contributed by atoms with Gasteiger partial charge in [-0.15, -0.1) is 24.0 Å². The second-order valence-electron chi connectivity index (χ2n) is 5.75. The van der Waals surface area contributed by atoms with Gasteiger partial charge in [0.1, 0.15) is 0 Å². The summed E-state index contributed by atoms with van der Waals surface area (Å²) in [5.74, 6) is 0.998. The monoisotopic (exact) mass is 500 g/mol. The Balaban J connectivity index is 0.00000312. The van der Waals surface area contributed by atoms with Gasteiger partial charge in [0, 0.05) is 38.2 Å². The van der Waals surface area contributed by atoms with Crippen molar-refractivity contribution >= 4 is 51.6 Å². The van der Waals surface area contributed by atoms with Crippen LogP contribution >= 0.6 is 35.6 Å². The van der Waals surface area contributed by atoms with Crippen LogP contribution in [0.25, 0.3) is 0 Å². The fourth-order valence-corrected chi connectivity index (χ4v) is 4.35. The van der Waals surface area contributed by atoms with E-state index in [1.807, 2.05) is 43.1 Å². The summed E-state index contributed by atoms with van der Waals surface area (Å²) < 4.78 is 25.1. The predicted octanol–water partition coefficient (Wildman–Crippen LogP) is 2.39. The number of halogens is 2. The van der Waals surface area contributed by atoms with E-state index in [2.05, 4.69) is 10.3 Å². The Hall–Kier alpha value is -0.580. The minimum Gasteiger partial charge on any atom is -0.357 e. The Morgan fingerprint density at radius 1 is 1.40 bits per heavy atom. The summed E-state index contributed by atoms with van der Waals surface area (Å²) in [5, 5.41) is 3.96. The Morgan fingerprint density at radius 3 is 2.72 bits per heavy atom. The van der Waals surface area contributed by atoms with E-state index in [1.165, 1.54) is 4.31 Å². The van der Waals surface area contributed by atoms with Crippen LogP contribution < -0.4 is 5.32 Å². The maximum atomic E-state index is 11.8. The Labute approximate surface area is 172 Å². The molecule has 0 spiro atoms. The summed E-state index contributed by atoms with van der Waals surface area (Å²) in [6.45, 7) is 4.85. The first-order valence-electron chi connectivity index (χ1n) is 8.14. The van der Waals surface area contributed by atoms with E-state index in [-0.39, 0.29) is 29.7 Å². The van der Waals surface area contributed by atoms with Crippen LogP contribution in [0, 0.1) is 0 Å². The number of sulfonamides is 1. The highest BCUT2D eigenvalue weighted by molar-refractivity contribution is 14.0. The number of hydrogen-bond donors (Lipinski definition) is 1. The summed E-state index contributed by atoms with van der Waals surface area (Å²) in [4.78, 5) is 6.54. The van der Waals surface area contributed by atoms with Crippen molar-refractivity contribution in [2.24, 2.45) is 4.99 Å². The molecule has 1 aromatic carbocycles. The minimum absolute atomic E-state index is 0. The zero-order valence-electron chi connectivity index (χ0n) is 14.6. The maximum Gasteiger partial charge on any atom is 0.214 e.